The molecule has 0 aromatic heterocycles. The van der Waals surface area contributed by atoms with E-state index in [0.29, 0.717) is 0 Å². The first kappa shape index (κ1) is 18.8. The molecule has 0 saturated carbocycles. The molecule has 0 radical (unpaired) electrons. The van der Waals surface area contributed by atoms with Crippen molar-refractivity contribution < 1.29 is 13.6 Å². The van der Waals surface area contributed by atoms with E-state index in [4.69, 9.17) is 5.73 Å². The highest BCUT2D eigenvalue weighted by molar-refractivity contribution is 5.92. The zero-order valence-electron chi connectivity index (χ0n) is 12.5. The van der Waals surface area contributed by atoms with E-state index in [2.05, 4.69) is 5.32 Å². The second kappa shape index (κ2) is 8.41. The average Bonchev–Trinajstić information content (AvgIpc) is 2.43. The molecule has 1 heterocycles. The van der Waals surface area contributed by atoms with Crippen LogP contribution in [-0.4, -0.2) is 36.0 Å². The van der Waals surface area contributed by atoms with E-state index >= 15 is 0 Å². The molecule has 1 aliphatic rings. The van der Waals surface area contributed by atoms with Crippen molar-refractivity contribution in [2.75, 3.05) is 18.4 Å². The van der Waals surface area contributed by atoms with Crippen molar-refractivity contribution in [1.82, 2.24) is 4.90 Å². The van der Waals surface area contributed by atoms with Gasteiger partial charge in [0, 0.05) is 18.2 Å². The van der Waals surface area contributed by atoms with Crippen LogP contribution >= 0.6 is 12.4 Å². The van der Waals surface area contributed by atoms with Gasteiger partial charge in [0.15, 0.2) is 0 Å². The molecule has 0 aliphatic carbocycles. The van der Waals surface area contributed by atoms with E-state index in [1.54, 1.807) is 0 Å². The summed E-state index contributed by atoms with van der Waals surface area (Å²) in [6.45, 7) is 2.86. The molecule has 2 unspecified atom stereocenters. The third-order valence-corrected chi connectivity index (χ3v) is 3.82. The van der Waals surface area contributed by atoms with E-state index in [9.17, 15) is 13.6 Å². The van der Waals surface area contributed by atoms with E-state index < -0.39 is 11.6 Å². The summed E-state index contributed by atoms with van der Waals surface area (Å²) in [5, 5.41) is 2.42. The number of amides is 1. The normalized spacial score (nSPS) is 20.1. The maximum Gasteiger partial charge on any atom is 0.238 e. The van der Waals surface area contributed by atoms with Gasteiger partial charge in [-0.05, 0) is 38.4 Å². The molecule has 1 fully saturated rings. The lowest BCUT2D eigenvalue weighted by Crippen LogP contribution is -2.51. The number of nitrogens with zero attached hydrogens (tertiary/aromatic N) is 1. The number of carbonyl (C=O) groups excluding carboxylic acids is 1. The van der Waals surface area contributed by atoms with Crippen molar-refractivity contribution in [3.05, 3.63) is 29.8 Å². The molecule has 22 heavy (non-hydrogen) atoms. The molecule has 1 aliphatic heterocycles. The van der Waals surface area contributed by atoms with Gasteiger partial charge in [-0.15, -0.1) is 12.4 Å². The van der Waals surface area contributed by atoms with Gasteiger partial charge < -0.3 is 11.1 Å². The molecule has 0 bridgehead atoms. The molecule has 124 valence electrons. The van der Waals surface area contributed by atoms with E-state index in [1.165, 1.54) is 0 Å². The fraction of sp³-hybridized carbons (Fsp3) is 0.533. The summed E-state index contributed by atoms with van der Waals surface area (Å²) in [5.41, 5.74) is 5.82. The predicted octanol–water partition coefficient (Wildman–Crippen LogP) is 2.53. The number of benzene rings is 1. The smallest absolute Gasteiger partial charge is 0.238 e. The SMILES string of the molecule is CC(N)C1CCCCN1CC(=O)Nc1cc(F)ccc1F.Cl. The molecule has 1 aromatic carbocycles. The van der Waals surface area contributed by atoms with Crippen LogP contribution in [-0.2, 0) is 4.79 Å². The van der Waals surface area contributed by atoms with Crippen molar-refractivity contribution >= 4 is 24.0 Å². The Morgan fingerprint density at radius 2 is 2.18 bits per heavy atom. The first-order valence-electron chi connectivity index (χ1n) is 7.22. The number of likely N-dealkylation sites (tertiary alicyclic amines) is 1. The highest BCUT2D eigenvalue weighted by atomic mass is 35.5. The molecule has 4 nitrogen and oxygen atoms in total. The van der Waals surface area contributed by atoms with Gasteiger partial charge in [-0.1, -0.05) is 6.42 Å². The molecule has 7 heteroatoms. The molecule has 1 saturated heterocycles. The summed E-state index contributed by atoms with van der Waals surface area (Å²) in [7, 11) is 0. The lowest BCUT2D eigenvalue weighted by atomic mass is 9.97. The summed E-state index contributed by atoms with van der Waals surface area (Å²) in [4.78, 5) is 14.0. The van der Waals surface area contributed by atoms with Crippen LogP contribution in [0.4, 0.5) is 14.5 Å². The quantitative estimate of drug-likeness (QED) is 0.890. The number of nitrogens with one attached hydrogen (secondary N) is 1. The zero-order chi connectivity index (χ0) is 15.4. The summed E-state index contributed by atoms with van der Waals surface area (Å²) >= 11 is 0. The minimum absolute atomic E-state index is 0. The summed E-state index contributed by atoms with van der Waals surface area (Å²) < 4.78 is 26.6. The fourth-order valence-electron chi connectivity index (χ4n) is 2.78. The van der Waals surface area contributed by atoms with Crippen LogP contribution in [0.5, 0.6) is 0 Å². The summed E-state index contributed by atoms with van der Waals surface area (Å²) in [6, 6.07) is 3.12. The topological polar surface area (TPSA) is 58.4 Å². The van der Waals surface area contributed by atoms with Crippen LogP contribution in [0, 0.1) is 11.6 Å². The number of carbonyl (C=O) groups is 1. The average molecular weight is 334 g/mol. The van der Waals surface area contributed by atoms with Gasteiger partial charge in [-0.3, -0.25) is 9.69 Å². The molecule has 2 atom stereocenters. The minimum atomic E-state index is -0.646. The van der Waals surface area contributed by atoms with Crippen LogP contribution in [0.25, 0.3) is 0 Å². The Morgan fingerprint density at radius 3 is 2.86 bits per heavy atom. The maximum atomic E-state index is 13.5. The molecular weight excluding hydrogens is 312 g/mol. The van der Waals surface area contributed by atoms with Gasteiger partial charge in [-0.25, -0.2) is 8.78 Å². The van der Waals surface area contributed by atoms with Gasteiger partial charge in [0.2, 0.25) is 5.91 Å². The van der Waals surface area contributed by atoms with Crippen LogP contribution in [0.1, 0.15) is 26.2 Å². The maximum absolute atomic E-state index is 13.5. The second-order valence-electron chi connectivity index (χ2n) is 5.57. The third kappa shape index (κ3) is 4.90. The second-order valence-corrected chi connectivity index (χ2v) is 5.57. The Bertz CT molecular complexity index is 514. The standard InChI is InChI=1S/C15H21F2N3O.ClH/c1-10(18)14-4-2-3-7-20(14)9-15(21)19-13-8-11(16)5-6-12(13)17;/h5-6,8,10,14H,2-4,7,9,18H2,1H3,(H,19,21);1H. The highest BCUT2D eigenvalue weighted by Gasteiger charge is 2.27. The van der Waals surface area contributed by atoms with Crippen molar-refractivity contribution in [2.24, 2.45) is 5.73 Å². The Balaban J connectivity index is 0.00000242. The molecular formula is C15H22ClF2N3O. The largest absolute Gasteiger partial charge is 0.327 e. The number of anilines is 1. The van der Waals surface area contributed by atoms with Crippen LogP contribution in [0.15, 0.2) is 18.2 Å². The Labute approximate surface area is 135 Å². The lowest BCUT2D eigenvalue weighted by molar-refractivity contribution is -0.118. The Hall–Kier alpha value is -1.24. The van der Waals surface area contributed by atoms with Gasteiger partial charge in [0.25, 0.3) is 0 Å². The first-order chi connectivity index (χ1) is 9.97. The number of piperidine rings is 1. The number of halogens is 3. The fourth-order valence-corrected chi connectivity index (χ4v) is 2.78. The molecule has 1 amide bonds. The monoisotopic (exact) mass is 333 g/mol. The molecule has 3 N–H and O–H groups in total. The predicted molar refractivity (Wildman–Crippen MR) is 85.1 cm³/mol. The zero-order valence-corrected chi connectivity index (χ0v) is 13.3. The van der Waals surface area contributed by atoms with Gasteiger partial charge >= 0.3 is 0 Å². The van der Waals surface area contributed by atoms with Crippen molar-refractivity contribution in [3.63, 3.8) is 0 Å². The minimum Gasteiger partial charge on any atom is -0.327 e. The highest BCUT2D eigenvalue weighted by Crippen LogP contribution is 2.19. The van der Waals surface area contributed by atoms with Gasteiger partial charge in [0.1, 0.15) is 11.6 Å². The number of hydrogen-bond acceptors (Lipinski definition) is 3. The molecule has 1 aromatic rings. The van der Waals surface area contributed by atoms with Crippen molar-refractivity contribution in [3.8, 4) is 0 Å². The summed E-state index contributed by atoms with van der Waals surface area (Å²) in [6.07, 6.45) is 3.08. The van der Waals surface area contributed by atoms with Crippen LogP contribution < -0.4 is 11.1 Å². The number of rotatable bonds is 4. The Kier molecular flexibility index (Phi) is 7.19. The first-order valence-corrected chi connectivity index (χ1v) is 7.22. The van der Waals surface area contributed by atoms with Gasteiger partial charge in [0.05, 0.1) is 12.2 Å². The van der Waals surface area contributed by atoms with E-state index in [0.717, 1.165) is 44.0 Å². The Morgan fingerprint density at radius 1 is 1.45 bits per heavy atom. The van der Waals surface area contributed by atoms with Gasteiger partial charge in [-0.2, -0.15) is 0 Å². The molecule has 0 spiro atoms. The summed E-state index contributed by atoms with van der Waals surface area (Å²) in [5.74, 6) is -1.59. The molecule has 2 rings (SSSR count). The van der Waals surface area contributed by atoms with Crippen molar-refractivity contribution in [2.45, 2.75) is 38.3 Å². The third-order valence-electron chi connectivity index (χ3n) is 3.82. The van der Waals surface area contributed by atoms with E-state index in [-0.39, 0.29) is 42.6 Å². The number of nitrogens with two attached hydrogens (primary N) is 1. The lowest BCUT2D eigenvalue weighted by Gasteiger charge is -2.37. The van der Waals surface area contributed by atoms with Crippen LogP contribution in [0.3, 0.4) is 0 Å². The number of hydrogen-bond donors (Lipinski definition) is 2. The van der Waals surface area contributed by atoms with E-state index in [1.807, 2.05) is 11.8 Å². The van der Waals surface area contributed by atoms with Crippen molar-refractivity contribution in [1.29, 1.82) is 0 Å². The van der Waals surface area contributed by atoms with Crippen LogP contribution in [0.2, 0.25) is 0 Å².